The molecule has 0 aliphatic carbocycles. The van der Waals surface area contributed by atoms with Crippen molar-refractivity contribution in [2.45, 2.75) is 31.6 Å². The predicted octanol–water partition coefficient (Wildman–Crippen LogP) is 3.12. The van der Waals surface area contributed by atoms with E-state index < -0.39 is 0 Å². The van der Waals surface area contributed by atoms with E-state index in [9.17, 15) is 9.18 Å². The lowest BCUT2D eigenvalue weighted by Crippen LogP contribution is -2.24. The van der Waals surface area contributed by atoms with E-state index in [1.807, 2.05) is 6.26 Å². The lowest BCUT2D eigenvalue weighted by atomic mass is 10.0. The fourth-order valence-corrected chi connectivity index (χ4v) is 3.21. The number of nitrogens with one attached hydrogen (secondary N) is 2. The topological polar surface area (TPSA) is 41.1 Å². The normalized spacial score (nSPS) is 17.1. The van der Waals surface area contributed by atoms with E-state index in [1.165, 1.54) is 12.5 Å². The molecule has 2 rings (SSSR count). The molecule has 0 radical (unpaired) electrons. The molecule has 1 heterocycles. The Morgan fingerprint density at radius 1 is 1.45 bits per heavy atom. The van der Waals surface area contributed by atoms with E-state index in [0.29, 0.717) is 18.9 Å². The van der Waals surface area contributed by atoms with Gasteiger partial charge in [-0.3, -0.25) is 4.79 Å². The molecule has 1 fully saturated rings. The van der Waals surface area contributed by atoms with Crippen LogP contribution < -0.4 is 10.6 Å². The summed E-state index contributed by atoms with van der Waals surface area (Å²) in [5.41, 5.74) is 1.96. The standard InChI is InChI=1S/C16H23FN2OS.ClH/c1-21-11-14-8-15(17)4-3-13(14)10-19-16(20)5-2-12-6-7-18-9-12;/h3-4,8,12,18H,2,5-7,9-11H2,1H3,(H,19,20);1H. The Bertz CT molecular complexity index is 481. The molecule has 0 aromatic heterocycles. The smallest absolute Gasteiger partial charge is 0.220 e. The van der Waals surface area contributed by atoms with E-state index in [4.69, 9.17) is 0 Å². The van der Waals surface area contributed by atoms with Gasteiger partial charge in [0, 0.05) is 18.7 Å². The molecule has 1 amide bonds. The van der Waals surface area contributed by atoms with Crippen LogP contribution in [-0.4, -0.2) is 25.3 Å². The van der Waals surface area contributed by atoms with Crippen LogP contribution in [0, 0.1) is 11.7 Å². The van der Waals surface area contributed by atoms with Crippen LogP contribution in [0.4, 0.5) is 4.39 Å². The molecule has 22 heavy (non-hydrogen) atoms. The first kappa shape index (κ1) is 19.3. The number of rotatable bonds is 7. The van der Waals surface area contributed by atoms with Gasteiger partial charge >= 0.3 is 0 Å². The van der Waals surface area contributed by atoms with E-state index in [0.717, 1.165) is 36.4 Å². The first-order chi connectivity index (χ1) is 10.2. The largest absolute Gasteiger partial charge is 0.352 e. The van der Waals surface area contributed by atoms with Crippen molar-refractivity contribution >= 4 is 30.1 Å². The van der Waals surface area contributed by atoms with Crippen molar-refractivity contribution in [2.24, 2.45) is 5.92 Å². The Morgan fingerprint density at radius 3 is 2.95 bits per heavy atom. The second kappa shape index (κ2) is 10.1. The van der Waals surface area contributed by atoms with Gasteiger partial charge in [0.15, 0.2) is 0 Å². The van der Waals surface area contributed by atoms with Gasteiger partial charge in [-0.05, 0) is 61.4 Å². The molecule has 1 atom stereocenters. The highest BCUT2D eigenvalue weighted by atomic mass is 35.5. The molecule has 1 aromatic carbocycles. The SMILES string of the molecule is CSCc1cc(F)ccc1CNC(=O)CCC1CCNC1.Cl. The van der Waals surface area contributed by atoms with E-state index in [-0.39, 0.29) is 24.1 Å². The molecule has 0 bridgehead atoms. The summed E-state index contributed by atoms with van der Waals surface area (Å²) in [6.07, 6.45) is 4.68. The first-order valence-electron chi connectivity index (χ1n) is 7.42. The van der Waals surface area contributed by atoms with Crippen LogP contribution in [0.15, 0.2) is 18.2 Å². The van der Waals surface area contributed by atoms with Crippen LogP contribution in [0.25, 0.3) is 0 Å². The predicted molar refractivity (Wildman–Crippen MR) is 92.9 cm³/mol. The molecule has 3 nitrogen and oxygen atoms in total. The van der Waals surface area contributed by atoms with Crippen molar-refractivity contribution in [3.05, 3.63) is 35.1 Å². The molecule has 1 unspecified atom stereocenters. The first-order valence-corrected chi connectivity index (χ1v) is 8.82. The van der Waals surface area contributed by atoms with Crippen molar-refractivity contribution in [2.75, 3.05) is 19.3 Å². The minimum atomic E-state index is -0.220. The van der Waals surface area contributed by atoms with Gasteiger partial charge in [0.25, 0.3) is 0 Å². The second-order valence-corrected chi connectivity index (χ2v) is 6.39. The maximum Gasteiger partial charge on any atom is 0.220 e. The van der Waals surface area contributed by atoms with Gasteiger partial charge in [-0.25, -0.2) is 4.39 Å². The van der Waals surface area contributed by atoms with Gasteiger partial charge < -0.3 is 10.6 Å². The zero-order valence-corrected chi connectivity index (χ0v) is 14.5. The van der Waals surface area contributed by atoms with Crippen molar-refractivity contribution in [1.82, 2.24) is 10.6 Å². The van der Waals surface area contributed by atoms with Crippen LogP contribution in [0.5, 0.6) is 0 Å². The Balaban J connectivity index is 0.00000242. The number of amides is 1. The second-order valence-electron chi connectivity index (χ2n) is 5.52. The van der Waals surface area contributed by atoms with E-state index in [1.54, 1.807) is 23.9 Å². The molecular formula is C16H24ClFN2OS. The molecule has 6 heteroatoms. The molecule has 1 aliphatic heterocycles. The van der Waals surface area contributed by atoms with Crippen LogP contribution in [0.2, 0.25) is 0 Å². The summed E-state index contributed by atoms with van der Waals surface area (Å²) in [5.74, 6) is 1.26. The van der Waals surface area contributed by atoms with Gasteiger partial charge in [-0.1, -0.05) is 6.07 Å². The molecule has 1 aliphatic rings. The lowest BCUT2D eigenvalue weighted by molar-refractivity contribution is -0.121. The summed E-state index contributed by atoms with van der Waals surface area (Å²) >= 11 is 1.65. The Hall–Kier alpha value is -0.780. The average molecular weight is 347 g/mol. The summed E-state index contributed by atoms with van der Waals surface area (Å²) in [6, 6.07) is 4.78. The zero-order valence-electron chi connectivity index (χ0n) is 12.9. The third-order valence-electron chi connectivity index (χ3n) is 3.89. The molecule has 1 saturated heterocycles. The highest BCUT2D eigenvalue weighted by Crippen LogP contribution is 2.17. The van der Waals surface area contributed by atoms with Crippen molar-refractivity contribution < 1.29 is 9.18 Å². The number of hydrogen-bond donors (Lipinski definition) is 2. The summed E-state index contributed by atoms with van der Waals surface area (Å²) in [6.45, 7) is 2.58. The minimum Gasteiger partial charge on any atom is -0.352 e. The van der Waals surface area contributed by atoms with E-state index in [2.05, 4.69) is 10.6 Å². The van der Waals surface area contributed by atoms with Crippen molar-refractivity contribution in [1.29, 1.82) is 0 Å². The van der Waals surface area contributed by atoms with Crippen molar-refractivity contribution in [3.63, 3.8) is 0 Å². The van der Waals surface area contributed by atoms with Gasteiger partial charge in [0.1, 0.15) is 5.82 Å². The Morgan fingerprint density at radius 2 is 2.27 bits per heavy atom. The third kappa shape index (κ3) is 6.15. The highest BCUT2D eigenvalue weighted by molar-refractivity contribution is 7.97. The summed E-state index contributed by atoms with van der Waals surface area (Å²) in [5, 5.41) is 6.26. The summed E-state index contributed by atoms with van der Waals surface area (Å²) < 4.78 is 13.3. The Labute approximate surface area is 142 Å². The van der Waals surface area contributed by atoms with Crippen LogP contribution in [-0.2, 0) is 17.1 Å². The molecule has 2 N–H and O–H groups in total. The Kier molecular flexibility index (Phi) is 8.83. The number of hydrogen-bond acceptors (Lipinski definition) is 3. The maximum atomic E-state index is 13.3. The average Bonchev–Trinajstić information content (AvgIpc) is 2.98. The van der Waals surface area contributed by atoms with Crippen LogP contribution in [0.3, 0.4) is 0 Å². The summed E-state index contributed by atoms with van der Waals surface area (Å²) in [4.78, 5) is 11.9. The fourth-order valence-electron chi connectivity index (χ4n) is 2.64. The number of carbonyl (C=O) groups is 1. The quantitative estimate of drug-likeness (QED) is 0.797. The molecular weight excluding hydrogens is 323 g/mol. The van der Waals surface area contributed by atoms with Crippen LogP contribution in [0.1, 0.15) is 30.4 Å². The highest BCUT2D eigenvalue weighted by Gasteiger charge is 2.15. The molecule has 1 aromatic rings. The fraction of sp³-hybridized carbons (Fsp3) is 0.562. The molecule has 0 saturated carbocycles. The monoisotopic (exact) mass is 346 g/mol. The van der Waals surface area contributed by atoms with Gasteiger partial charge in [-0.15, -0.1) is 12.4 Å². The van der Waals surface area contributed by atoms with Crippen LogP contribution >= 0.6 is 24.2 Å². The van der Waals surface area contributed by atoms with Gasteiger partial charge in [0.2, 0.25) is 5.91 Å². The zero-order chi connectivity index (χ0) is 15.1. The molecule has 0 spiro atoms. The van der Waals surface area contributed by atoms with Gasteiger partial charge in [-0.2, -0.15) is 11.8 Å². The molecule has 124 valence electrons. The summed E-state index contributed by atoms with van der Waals surface area (Å²) in [7, 11) is 0. The number of thioether (sulfide) groups is 1. The van der Waals surface area contributed by atoms with Gasteiger partial charge in [0.05, 0.1) is 0 Å². The van der Waals surface area contributed by atoms with E-state index >= 15 is 0 Å². The number of halogens is 2. The third-order valence-corrected chi connectivity index (χ3v) is 4.49. The van der Waals surface area contributed by atoms with Crippen molar-refractivity contribution in [3.8, 4) is 0 Å². The minimum absolute atomic E-state index is 0. The lowest BCUT2D eigenvalue weighted by Gasteiger charge is -2.11. The maximum absolute atomic E-state index is 13.3. The number of benzene rings is 1. The number of carbonyl (C=O) groups excluding carboxylic acids is 1.